The van der Waals surface area contributed by atoms with Crippen molar-refractivity contribution in [2.45, 2.75) is 12.8 Å². The van der Waals surface area contributed by atoms with Gasteiger partial charge in [-0.1, -0.05) is 36.4 Å². The zero-order valence-corrected chi connectivity index (χ0v) is 18.4. The zero-order valence-electron chi connectivity index (χ0n) is 17.6. The number of ether oxygens (including phenoxy) is 1. The Labute approximate surface area is 189 Å². The number of hydrogen-bond acceptors (Lipinski definition) is 5. The quantitative estimate of drug-likeness (QED) is 0.508. The Balaban J connectivity index is 1.29. The number of thioether (sulfide) groups is 1. The van der Waals surface area contributed by atoms with Crippen LogP contribution < -0.4 is 10.1 Å². The predicted molar refractivity (Wildman–Crippen MR) is 125 cm³/mol. The van der Waals surface area contributed by atoms with E-state index >= 15 is 0 Å². The molecule has 1 aromatic heterocycles. The highest BCUT2D eigenvalue weighted by molar-refractivity contribution is 8.18. The molecule has 1 aliphatic rings. The summed E-state index contributed by atoms with van der Waals surface area (Å²) in [4.78, 5) is 41.9. The Morgan fingerprint density at radius 1 is 1.16 bits per heavy atom. The molecule has 0 aliphatic carbocycles. The number of methoxy groups -OCH3 is 1. The minimum atomic E-state index is -0.391. The van der Waals surface area contributed by atoms with E-state index in [1.54, 1.807) is 19.3 Å². The summed E-state index contributed by atoms with van der Waals surface area (Å²) in [6.45, 7) is 0.531. The fraction of sp³-hybridized carbons (Fsp3) is 0.208. The van der Waals surface area contributed by atoms with Crippen LogP contribution in [0.2, 0.25) is 0 Å². The van der Waals surface area contributed by atoms with Crippen LogP contribution in [0.1, 0.15) is 17.5 Å². The normalized spacial score (nSPS) is 15.0. The van der Waals surface area contributed by atoms with Crippen LogP contribution in [0.25, 0.3) is 17.0 Å². The number of fused-ring (bicyclic) bond motifs is 1. The first-order chi connectivity index (χ1) is 15.6. The molecular weight excluding hydrogens is 426 g/mol. The molecule has 4 rings (SSSR count). The largest absolute Gasteiger partial charge is 0.496 e. The number of nitrogens with one attached hydrogen (secondary N) is 2. The molecule has 0 unspecified atom stereocenters. The van der Waals surface area contributed by atoms with Gasteiger partial charge in [-0.15, -0.1) is 0 Å². The number of benzene rings is 2. The number of para-hydroxylation sites is 2. The number of H-pyrrole nitrogens is 1. The lowest BCUT2D eigenvalue weighted by atomic mass is 10.1. The van der Waals surface area contributed by atoms with E-state index in [9.17, 15) is 14.4 Å². The zero-order chi connectivity index (χ0) is 22.5. The summed E-state index contributed by atoms with van der Waals surface area (Å²) in [5, 5.41) is 3.63. The Kier molecular flexibility index (Phi) is 6.61. The average Bonchev–Trinajstić information content (AvgIpc) is 3.33. The summed E-state index contributed by atoms with van der Waals surface area (Å²) < 4.78 is 5.29. The SMILES string of the molecule is COc1ccccc1C=C1SC(=O)N(CCC(=O)NCCc2c[nH]c3ccccc23)C1=O. The van der Waals surface area contributed by atoms with Crippen molar-refractivity contribution in [3.8, 4) is 5.75 Å². The third-order valence-electron chi connectivity index (χ3n) is 5.25. The molecule has 3 amide bonds. The first-order valence-electron chi connectivity index (χ1n) is 10.3. The predicted octanol–water partition coefficient (Wildman–Crippen LogP) is 3.96. The molecule has 1 aliphatic heterocycles. The van der Waals surface area contributed by atoms with Crippen LogP contribution in [-0.4, -0.2) is 47.1 Å². The molecule has 1 saturated heterocycles. The van der Waals surface area contributed by atoms with Gasteiger partial charge in [0.1, 0.15) is 5.75 Å². The van der Waals surface area contributed by atoms with E-state index in [1.807, 2.05) is 48.7 Å². The maximum atomic E-state index is 12.7. The Morgan fingerprint density at radius 3 is 2.78 bits per heavy atom. The van der Waals surface area contributed by atoms with Gasteiger partial charge in [0.05, 0.1) is 12.0 Å². The van der Waals surface area contributed by atoms with Crippen molar-refractivity contribution in [1.82, 2.24) is 15.2 Å². The van der Waals surface area contributed by atoms with E-state index in [2.05, 4.69) is 10.3 Å². The van der Waals surface area contributed by atoms with Crippen LogP contribution in [-0.2, 0) is 16.0 Å². The minimum Gasteiger partial charge on any atom is -0.496 e. The lowest BCUT2D eigenvalue weighted by molar-refractivity contribution is -0.124. The molecule has 3 aromatic rings. The van der Waals surface area contributed by atoms with Gasteiger partial charge in [-0.2, -0.15) is 0 Å². The number of amides is 3. The van der Waals surface area contributed by atoms with Gasteiger partial charge < -0.3 is 15.0 Å². The maximum absolute atomic E-state index is 12.7. The van der Waals surface area contributed by atoms with Crippen LogP contribution in [0.4, 0.5) is 4.79 Å². The summed E-state index contributed by atoms with van der Waals surface area (Å²) in [5.74, 6) is 0.0315. The highest BCUT2D eigenvalue weighted by Crippen LogP contribution is 2.33. The van der Waals surface area contributed by atoms with Gasteiger partial charge in [-0.3, -0.25) is 19.3 Å². The number of nitrogens with zero attached hydrogens (tertiary/aromatic N) is 1. The van der Waals surface area contributed by atoms with Gasteiger partial charge in [0.2, 0.25) is 5.91 Å². The molecule has 0 bridgehead atoms. The summed E-state index contributed by atoms with van der Waals surface area (Å²) in [7, 11) is 1.55. The van der Waals surface area contributed by atoms with Crippen LogP contribution in [0.5, 0.6) is 5.75 Å². The molecule has 0 atom stereocenters. The number of hydrogen-bond donors (Lipinski definition) is 2. The van der Waals surface area contributed by atoms with E-state index in [1.165, 1.54) is 0 Å². The number of aromatic amines is 1. The Morgan fingerprint density at radius 2 is 1.94 bits per heavy atom. The molecule has 0 saturated carbocycles. The second kappa shape index (κ2) is 9.74. The highest BCUT2D eigenvalue weighted by atomic mass is 32.2. The second-order valence-electron chi connectivity index (χ2n) is 7.28. The molecule has 32 heavy (non-hydrogen) atoms. The first kappa shape index (κ1) is 21.7. The smallest absolute Gasteiger partial charge is 0.293 e. The second-order valence-corrected chi connectivity index (χ2v) is 8.28. The standard InChI is InChI=1S/C24H23N3O4S/c1-31-20-9-5-2-6-16(20)14-21-23(29)27(24(30)32-21)13-11-22(28)25-12-10-17-15-26-19-8-4-3-7-18(17)19/h2-9,14-15,26H,10-13H2,1H3,(H,25,28). The Hall–Kier alpha value is -3.52. The molecule has 2 heterocycles. The lowest BCUT2D eigenvalue weighted by Crippen LogP contribution is -2.34. The van der Waals surface area contributed by atoms with Crippen molar-refractivity contribution in [2.24, 2.45) is 0 Å². The van der Waals surface area contributed by atoms with Crippen molar-refractivity contribution >= 4 is 45.8 Å². The van der Waals surface area contributed by atoms with Gasteiger partial charge in [-0.25, -0.2) is 0 Å². The number of carbonyl (C=O) groups excluding carboxylic acids is 3. The van der Waals surface area contributed by atoms with Crippen molar-refractivity contribution in [3.05, 3.63) is 70.8 Å². The van der Waals surface area contributed by atoms with E-state index < -0.39 is 5.91 Å². The summed E-state index contributed by atoms with van der Waals surface area (Å²) in [5.41, 5.74) is 2.92. The molecule has 1 fully saturated rings. The van der Waals surface area contributed by atoms with Crippen molar-refractivity contribution in [2.75, 3.05) is 20.2 Å². The molecule has 0 spiro atoms. The molecule has 8 heteroatoms. The molecule has 0 radical (unpaired) electrons. The Bertz CT molecular complexity index is 1200. The molecule has 164 valence electrons. The van der Waals surface area contributed by atoms with E-state index in [-0.39, 0.29) is 24.1 Å². The third-order valence-corrected chi connectivity index (χ3v) is 6.16. The lowest BCUT2D eigenvalue weighted by Gasteiger charge is -2.12. The van der Waals surface area contributed by atoms with E-state index in [4.69, 9.17) is 4.74 Å². The number of rotatable bonds is 8. The van der Waals surface area contributed by atoms with Crippen molar-refractivity contribution < 1.29 is 19.1 Å². The van der Waals surface area contributed by atoms with E-state index in [0.717, 1.165) is 38.7 Å². The highest BCUT2D eigenvalue weighted by Gasteiger charge is 2.35. The molecule has 2 N–H and O–H groups in total. The van der Waals surface area contributed by atoms with Gasteiger partial charge in [0.25, 0.3) is 11.1 Å². The molecular formula is C24H23N3O4S. The van der Waals surface area contributed by atoms with Gasteiger partial charge in [0, 0.05) is 42.2 Å². The van der Waals surface area contributed by atoms with E-state index in [0.29, 0.717) is 23.6 Å². The summed E-state index contributed by atoms with van der Waals surface area (Å²) >= 11 is 0.873. The van der Waals surface area contributed by atoms with Crippen molar-refractivity contribution in [1.29, 1.82) is 0 Å². The van der Waals surface area contributed by atoms with Gasteiger partial charge >= 0.3 is 0 Å². The van der Waals surface area contributed by atoms with Gasteiger partial charge in [0.15, 0.2) is 0 Å². The summed E-state index contributed by atoms with van der Waals surface area (Å²) in [6, 6.07) is 15.3. The van der Waals surface area contributed by atoms with Gasteiger partial charge in [-0.05, 0) is 42.0 Å². The topological polar surface area (TPSA) is 91.5 Å². The fourth-order valence-electron chi connectivity index (χ4n) is 3.60. The molecule has 2 aromatic carbocycles. The average molecular weight is 450 g/mol. The van der Waals surface area contributed by atoms with Crippen LogP contribution in [0.15, 0.2) is 59.6 Å². The number of aromatic nitrogens is 1. The van der Waals surface area contributed by atoms with Crippen LogP contribution >= 0.6 is 11.8 Å². The number of carbonyl (C=O) groups is 3. The first-order valence-corrected chi connectivity index (χ1v) is 11.1. The van der Waals surface area contributed by atoms with Crippen LogP contribution in [0.3, 0.4) is 0 Å². The molecule has 7 nitrogen and oxygen atoms in total. The summed E-state index contributed by atoms with van der Waals surface area (Å²) in [6.07, 6.45) is 4.35. The minimum absolute atomic E-state index is 0.0485. The van der Waals surface area contributed by atoms with Crippen molar-refractivity contribution in [3.63, 3.8) is 0 Å². The number of imide groups is 1. The monoisotopic (exact) mass is 449 g/mol. The fourth-order valence-corrected chi connectivity index (χ4v) is 4.45. The van der Waals surface area contributed by atoms with Crippen LogP contribution in [0, 0.1) is 0 Å². The maximum Gasteiger partial charge on any atom is 0.293 e. The third kappa shape index (κ3) is 4.70.